The fraction of sp³-hybridized carbons (Fsp3) is 0.950. The van der Waals surface area contributed by atoms with Gasteiger partial charge in [-0.2, -0.15) is 0 Å². The van der Waals surface area contributed by atoms with Gasteiger partial charge < -0.3 is 16.0 Å². The average Bonchev–Trinajstić information content (AvgIpc) is 3.14. The number of aliphatic imine (C=N–C) groups is 1. The second kappa shape index (κ2) is 11.2. The molecule has 3 N–H and O–H groups in total. The quantitative estimate of drug-likeness (QED) is 0.337. The molecule has 3 fully saturated rings. The smallest absolute Gasteiger partial charge is 0.188 e. The summed E-state index contributed by atoms with van der Waals surface area (Å²) in [4.78, 5) is 12.6. The minimum atomic E-state index is 0. The lowest BCUT2D eigenvalue weighted by molar-refractivity contribution is 0.0208. The summed E-state index contributed by atoms with van der Waals surface area (Å²) < 4.78 is 0. The predicted octanol–water partition coefficient (Wildman–Crippen LogP) is 1.94. The van der Waals surface area contributed by atoms with Crippen molar-refractivity contribution in [3.63, 3.8) is 0 Å². The van der Waals surface area contributed by atoms with Gasteiger partial charge in [-0.05, 0) is 84.8 Å². The van der Waals surface area contributed by atoms with Crippen LogP contribution in [-0.2, 0) is 0 Å². The summed E-state index contributed by atoms with van der Waals surface area (Å²) in [6.45, 7) is 11.2. The number of hydrogen-bond acceptors (Lipinski definition) is 4. The number of hydrogen-bond donors (Lipinski definition) is 2. The van der Waals surface area contributed by atoms with Crippen LogP contribution in [-0.4, -0.2) is 91.6 Å². The molecule has 3 heterocycles. The van der Waals surface area contributed by atoms with Crippen LogP contribution in [0, 0.1) is 0 Å². The highest BCUT2D eigenvalue weighted by Gasteiger charge is 2.39. The van der Waals surface area contributed by atoms with Crippen molar-refractivity contribution in [3.05, 3.63) is 0 Å². The Bertz CT molecular complexity index is 457. The van der Waals surface area contributed by atoms with Crippen LogP contribution in [0.5, 0.6) is 0 Å². The lowest BCUT2D eigenvalue weighted by atomic mass is 9.84. The summed E-state index contributed by atoms with van der Waals surface area (Å²) in [5.41, 5.74) is 6.49. The summed E-state index contributed by atoms with van der Waals surface area (Å²) in [6, 6.07) is 0.619. The first kappa shape index (κ1) is 23.2. The normalized spacial score (nSPS) is 28.1. The van der Waals surface area contributed by atoms with Gasteiger partial charge in [0, 0.05) is 18.1 Å². The molecular weight excluding hydrogens is 451 g/mol. The van der Waals surface area contributed by atoms with E-state index in [1.807, 2.05) is 0 Å². The van der Waals surface area contributed by atoms with Gasteiger partial charge in [-0.25, -0.2) is 0 Å². The number of halogens is 1. The molecule has 1 atom stereocenters. The zero-order valence-corrected chi connectivity index (χ0v) is 19.8. The van der Waals surface area contributed by atoms with E-state index in [1.165, 1.54) is 77.7 Å². The van der Waals surface area contributed by atoms with Crippen LogP contribution in [0.1, 0.15) is 51.9 Å². The van der Waals surface area contributed by atoms with E-state index < -0.39 is 0 Å². The highest BCUT2D eigenvalue weighted by atomic mass is 127. The summed E-state index contributed by atoms with van der Waals surface area (Å²) in [5, 5.41) is 3.41. The number of likely N-dealkylation sites (N-methyl/N-ethyl adjacent to an activating group) is 1. The second-order valence-corrected chi connectivity index (χ2v) is 8.58. The molecular formula is C20H41IN6. The van der Waals surface area contributed by atoms with E-state index in [4.69, 9.17) is 10.7 Å². The molecule has 0 aromatic heterocycles. The third-order valence-electron chi connectivity index (χ3n) is 6.91. The van der Waals surface area contributed by atoms with E-state index in [2.05, 4.69) is 34.0 Å². The number of piperidine rings is 2. The van der Waals surface area contributed by atoms with Gasteiger partial charge >= 0.3 is 0 Å². The van der Waals surface area contributed by atoms with Crippen LogP contribution in [0.25, 0.3) is 0 Å². The highest BCUT2D eigenvalue weighted by molar-refractivity contribution is 14.0. The Kier molecular flexibility index (Phi) is 9.58. The molecule has 0 aromatic carbocycles. The molecule has 3 saturated heterocycles. The molecule has 0 saturated carbocycles. The van der Waals surface area contributed by atoms with Crippen LogP contribution >= 0.6 is 24.0 Å². The molecule has 3 rings (SSSR count). The van der Waals surface area contributed by atoms with E-state index in [9.17, 15) is 0 Å². The Morgan fingerprint density at radius 2 is 1.78 bits per heavy atom. The van der Waals surface area contributed by atoms with Crippen LogP contribution in [0.4, 0.5) is 0 Å². The minimum absolute atomic E-state index is 0. The molecule has 158 valence electrons. The standard InChI is InChI=1S/C20H40N6.HI/c1-3-25-11-7-8-18(25)16-22-19(21)23-17-20(9-14-24(2)15-10-20)26-12-5-4-6-13-26;/h18H,3-17H2,1-2H3,(H3,21,22,23);1H. The van der Waals surface area contributed by atoms with Gasteiger partial charge in [-0.15, -0.1) is 24.0 Å². The Morgan fingerprint density at radius 1 is 1.07 bits per heavy atom. The molecule has 27 heavy (non-hydrogen) atoms. The third-order valence-corrected chi connectivity index (χ3v) is 6.91. The van der Waals surface area contributed by atoms with Crippen LogP contribution in [0.3, 0.4) is 0 Å². The Morgan fingerprint density at radius 3 is 2.44 bits per heavy atom. The van der Waals surface area contributed by atoms with Gasteiger partial charge in [0.25, 0.3) is 0 Å². The maximum absolute atomic E-state index is 6.26. The topological polar surface area (TPSA) is 60.1 Å². The van der Waals surface area contributed by atoms with E-state index in [-0.39, 0.29) is 29.5 Å². The van der Waals surface area contributed by atoms with Crippen molar-refractivity contribution >= 4 is 29.9 Å². The SMILES string of the molecule is CCN1CCCC1CNC(N)=NCC1(N2CCCCC2)CCN(C)CC1.I. The lowest BCUT2D eigenvalue weighted by Crippen LogP contribution is -2.58. The van der Waals surface area contributed by atoms with Crippen molar-refractivity contribution < 1.29 is 0 Å². The number of nitrogens with zero attached hydrogens (tertiary/aromatic N) is 4. The fourth-order valence-corrected chi connectivity index (χ4v) is 5.03. The van der Waals surface area contributed by atoms with Gasteiger partial charge in [0.1, 0.15) is 0 Å². The summed E-state index contributed by atoms with van der Waals surface area (Å²) in [7, 11) is 2.24. The number of guanidine groups is 1. The maximum Gasteiger partial charge on any atom is 0.188 e. The first-order valence-corrected chi connectivity index (χ1v) is 10.8. The monoisotopic (exact) mass is 492 g/mol. The number of rotatable bonds is 6. The predicted molar refractivity (Wildman–Crippen MR) is 125 cm³/mol. The molecule has 1 unspecified atom stereocenters. The Balaban J connectivity index is 0.00000261. The molecule has 0 aliphatic carbocycles. The van der Waals surface area contributed by atoms with Gasteiger partial charge in [0.2, 0.25) is 0 Å². The van der Waals surface area contributed by atoms with Crippen LogP contribution < -0.4 is 11.1 Å². The van der Waals surface area contributed by atoms with Gasteiger partial charge in [-0.3, -0.25) is 14.8 Å². The Labute approximate surface area is 183 Å². The van der Waals surface area contributed by atoms with E-state index >= 15 is 0 Å². The maximum atomic E-state index is 6.26. The summed E-state index contributed by atoms with van der Waals surface area (Å²) in [6.07, 6.45) is 9.07. The molecule has 0 spiro atoms. The zero-order valence-electron chi connectivity index (χ0n) is 17.5. The molecule has 3 aliphatic heterocycles. The third kappa shape index (κ3) is 6.18. The van der Waals surface area contributed by atoms with Gasteiger partial charge in [0.15, 0.2) is 5.96 Å². The first-order valence-electron chi connectivity index (χ1n) is 10.8. The minimum Gasteiger partial charge on any atom is -0.370 e. The van der Waals surface area contributed by atoms with E-state index in [1.54, 1.807) is 0 Å². The van der Waals surface area contributed by atoms with Gasteiger partial charge in [0.05, 0.1) is 6.54 Å². The summed E-state index contributed by atoms with van der Waals surface area (Å²) >= 11 is 0. The van der Waals surface area contributed by atoms with Crippen molar-refractivity contribution in [1.29, 1.82) is 0 Å². The molecule has 0 bridgehead atoms. The van der Waals surface area contributed by atoms with Crippen LogP contribution in [0.15, 0.2) is 4.99 Å². The van der Waals surface area contributed by atoms with Crippen LogP contribution in [0.2, 0.25) is 0 Å². The fourth-order valence-electron chi connectivity index (χ4n) is 5.03. The van der Waals surface area contributed by atoms with E-state index in [0.29, 0.717) is 12.0 Å². The second-order valence-electron chi connectivity index (χ2n) is 8.58. The van der Waals surface area contributed by atoms with Crippen molar-refractivity contribution in [2.45, 2.75) is 63.5 Å². The van der Waals surface area contributed by atoms with Gasteiger partial charge in [-0.1, -0.05) is 13.3 Å². The number of nitrogens with one attached hydrogen (secondary N) is 1. The largest absolute Gasteiger partial charge is 0.370 e. The Hall–Kier alpha value is -0.120. The molecule has 0 amide bonds. The van der Waals surface area contributed by atoms with E-state index in [0.717, 1.165) is 19.6 Å². The molecule has 6 nitrogen and oxygen atoms in total. The molecule has 0 aromatic rings. The van der Waals surface area contributed by atoms with Crippen molar-refractivity contribution in [2.24, 2.45) is 10.7 Å². The first-order chi connectivity index (χ1) is 12.6. The number of nitrogens with two attached hydrogens (primary N) is 1. The molecule has 3 aliphatic rings. The zero-order chi connectivity index (χ0) is 18.4. The summed E-state index contributed by atoms with van der Waals surface area (Å²) in [5.74, 6) is 0.642. The number of likely N-dealkylation sites (tertiary alicyclic amines) is 3. The van der Waals surface area contributed by atoms with Crippen molar-refractivity contribution in [2.75, 3.05) is 59.4 Å². The lowest BCUT2D eigenvalue weighted by Gasteiger charge is -2.49. The van der Waals surface area contributed by atoms with Crippen molar-refractivity contribution in [3.8, 4) is 0 Å². The molecule has 0 radical (unpaired) electrons. The average molecular weight is 492 g/mol. The van der Waals surface area contributed by atoms with Crippen molar-refractivity contribution in [1.82, 2.24) is 20.0 Å². The highest BCUT2D eigenvalue weighted by Crippen LogP contribution is 2.31. The molecule has 7 heteroatoms.